The SMILES string of the molecule is c1cc(-n2cc(-c3csc(C4CC4)n3)nn2)c2cn[nH]c2c1. The monoisotopic (exact) mass is 308 g/mol. The number of thiazole rings is 1. The summed E-state index contributed by atoms with van der Waals surface area (Å²) < 4.78 is 1.78. The highest BCUT2D eigenvalue weighted by atomic mass is 32.1. The Labute approximate surface area is 129 Å². The normalized spacial score (nSPS) is 14.7. The average molecular weight is 308 g/mol. The lowest BCUT2D eigenvalue weighted by Crippen LogP contribution is -1.95. The number of benzene rings is 1. The molecule has 0 amide bonds. The molecule has 1 saturated carbocycles. The second kappa shape index (κ2) is 4.48. The van der Waals surface area contributed by atoms with Gasteiger partial charge >= 0.3 is 0 Å². The summed E-state index contributed by atoms with van der Waals surface area (Å²) in [6.07, 6.45) is 6.26. The first-order valence-electron chi connectivity index (χ1n) is 7.19. The van der Waals surface area contributed by atoms with Crippen LogP contribution in [0.15, 0.2) is 36.0 Å². The Balaban J connectivity index is 1.56. The zero-order valence-corrected chi connectivity index (χ0v) is 12.4. The highest BCUT2D eigenvalue weighted by Gasteiger charge is 2.27. The summed E-state index contributed by atoms with van der Waals surface area (Å²) in [5.74, 6) is 0.675. The van der Waals surface area contributed by atoms with E-state index in [1.807, 2.05) is 24.4 Å². The molecule has 3 aromatic heterocycles. The van der Waals surface area contributed by atoms with Crippen LogP contribution in [0.1, 0.15) is 23.8 Å². The van der Waals surface area contributed by atoms with Crippen LogP contribution in [0.5, 0.6) is 0 Å². The number of aromatic amines is 1. The third kappa shape index (κ3) is 1.86. The second-order valence-electron chi connectivity index (χ2n) is 5.50. The zero-order valence-electron chi connectivity index (χ0n) is 11.6. The second-order valence-corrected chi connectivity index (χ2v) is 6.39. The van der Waals surface area contributed by atoms with Crippen molar-refractivity contribution in [3.63, 3.8) is 0 Å². The van der Waals surface area contributed by atoms with Crippen molar-refractivity contribution in [2.24, 2.45) is 0 Å². The van der Waals surface area contributed by atoms with Gasteiger partial charge in [-0.3, -0.25) is 5.10 Å². The summed E-state index contributed by atoms with van der Waals surface area (Å²) in [4.78, 5) is 4.69. The predicted molar refractivity (Wildman–Crippen MR) is 84.1 cm³/mol. The van der Waals surface area contributed by atoms with Crippen LogP contribution in [-0.4, -0.2) is 30.2 Å². The number of hydrogen-bond acceptors (Lipinski definition) is 5. The Morgan fingerprint density at radius 2 is 2.18 bits per heavy atom. The molecule has 4 aromatic rings. The molecular formula is C15H12N6S. The van der Waals surface area contributed by atoms with E-state index in [1.165, 1.54) is 17.8 Å². The molecule has 0 unspecified atom stereocenters. The van der Waals surface area contributed by atoms with Gasteiger partial charge in [-0.1, -0.05) is 11.3 Å². The quantitative estimate of drug-likeness (QED) is 0.631. The Hall–Kier alpha value is -2.54. The van der Waals surface area contributed by atoms with Crippen LogP contribution < -0.4 is 0 Å². The molecule has 0 atom stereocenters. The maximum Gasteiger partial charge on any atom is 0.132 e. The van der Waals surface area contributed by atoms with Gasteiger partial charge in [0, 0.05) is 16.7 Å². The van der Waals surface area contributed by atoms with E-state index in [1.54, 1.807) is 22.2 Å². The van der Waals surface area contributed by atoms with Crippen LogP contribution in [-0.2, 0) is 0 Å². The van der Waals surface area contributed by atoms with Crippen LogP contribution >= 0.6 is 11.3 Å². The van der Waals surface area contributed by atoms with Gasteiger partial charge in [-0.05, 0) is 25.0 Å². The van der Waals surface area contributed by atoms with Crippen molar-refractivity contribution in [2.45, 2.75) is 18.8 Å². The molecule has 108 valence electrons. The Bertz CT molecular complexity index is 961. The largest absolute Gasteiger partial charge is 0.278 e. The first-order valence-corrected chi connectivity index (χ1v) is 8.07. The van der Waals surface area contributed by atoms with Crippen molar-refractivity contribution >= 4 is 22.2 Å². The summed E-state index contributed by atoms with van der Waals surface area (Å²) in [6, 6.07) is 5.98. The number of fused-ring (bicyclic) bond motifs is 1. The van der Waals surface area contributed by atoms with E-state index >= 15 is 0 Å². The molecular weight excluding hydrogens is 296 g/mol. The maximum absolute atomic E-state index is 4.69. The number of hydrogen-bond donors (Lipinski definition) is 1. The average Bonchev–Trinajstić information content (AvgIpc) is 3.01. The van der Waals surface area contributed by atoms with E-state index in [-0.39, 0.29) is 0 Å². The minimum Gasteiger partial charge on any atom is -0.278 e. The molecule has 0 saturated heterocycles. The number of nitrogens with zero attached hydrogens (tertiary/aromatic N) is 5. The van der Waals surface area contributed by atoms with Gasteiger partial charge in [0.05, 0.1) is 28.6 Å². The molecule has 3 heterocycles. The van der Waals surface area contributed by atoms with E-state index in [0.717, 1.165) is 28.0 Å². The fourth-order valence-corrected chi connectivity index (χ4v) is 3.56. The third-order valence-electron chi connectivity index (χ3n) is 3.91. The molecule has 0 aliphatic heterocycles. The van der Waals surface area contributed by atoms with Gasteiger partial charge in [0.25, 0.3) is 0 Å². The van der Waals surface area contributed by atoms with Gasteiger partial charge in [-0.15, -0.1) is 16.4 Å². The van der Waals surface area contributed by atoms with Crippen molar-refractivity contribution in [2.75, 3.05) is 0 Å². The first-order chi connectivity index (χ1) is 10.9. The summed E-state index contributed by atoms with van der Waals surface area (Å²) in [7, 11) is 0. The molecule has 1 fully saturated rings. The molecule has 1 N–H and O–H groups in total. The Morgan fingerprint density at radius 1 is 1.23 bits per heavy atom. The fraction of sp³-hybridized carbons (Fsp3) is 0.200. The van der Waals surface area contributed by atoms with Crippen LogP contribution in [0.3, 0.4) is 0 Å². The number of aromatic nitrogens is 6. The Kier molecular flexibility index (Phi) is 2.45. The summed E-state index contributed by atoms with van der Waals surface area (Å²) in [6.45, 7) is 0. The van der Waals surface area contributed by atoms with E-state index < -0.39 is 0 Å². The topological polar surface area (TPSA) is 72.3 Å². The molecule has 22 heavy (non-hydrogen) atoms. The van der Waals surface area contributed by atoms with Gasteiger partial charge in [-0.2, -0.15) is 5.10 Å². The lowest BCUT2D eigenvalue weighted by atomic mass is 10.2. The van der Waals surface area contributed by atoms with Crippen LogP contribution in [0.2, 0.25) is 0 Å². The van der Waals surface area contributed by atoms with E-state index in [4.69, 9.17) is 0 Å². The summed E-state index contributed by atoms with van der Waals surface area (Å²) in [5, 5.41) is 19.9. The van der Waals surface area contributed by atoms with E-state index in [0.29, 0.717) is 5.92 Å². The lowest BCUT2D eigenvalue weighted by molar-refractivity contribution is 0.808. The van der Waals surface area contributed by atoms with Crippen molar-refractivity contribution in [3.8, 4) is 17.1 Å². The molecule has 6 nitrogen and oxygen atoms in total. The highest BCUT2D eigenvalue weighted by molar-refractivity contribution is 7.10. The van der Waals surface area contributed by atoms with Gasteiger partial charge in [-0.25, -0.2) is 9.67 Å². The molecule has 1 aliphatic carbocycles. The van der Waals surface area contributed by atoms with Crippen molar-refractivity contribution in [1.82, 2.24) is 30.2 Å². The predicted octanol–water partition coefficient (Wildman–Crippen LogP) is 3.14. The molecule has 0 bridgehead atoms. The molecule has 1 aromatic carbocycles. The lowest BCUT2D eigenvalue weighted by Gasteiger charge is -2.00. The first kappa shape index (κ1) is 12.0. The van der Waals surface area contributed by atoms with Gasteiger partial charge in [0.2, 0.25) is 0 Å². The van der Waals surface area contributed by atoms with Crippen LogP contribution in [0.4, 0.5) is 0 Å². The number of nitrogens with one attached hydrogen (secondary N) is 1. The number of H-pyrrole nitrogens is 1. The van der Waals surface area contributed by atoms with Gasteiger partial charge in [0.15, 0.2) is 0 Å². The molecule has 7 heteroatoms. The highest BCUT2D eigenvalue weighted by Crippen LogP contribution is 2.42. The zero-order chi connectivity index (χ0) is 14.5. The Morgan fingerprint density at radius 3 is 3.09 bits per heavy atom. The third-order valence-corrected chi connectivity index (χ3v) is 4.92. The molecule has 0 spiro atoms. The fourth-order valence-electron chi connectivity index (χ4n) is 2.57. The molecule has 5 rings (SSSR count). The maximum atomic E-state index is 4.69. The minimum absolute atomic E-state index is 0.675. The summed E-state index contributed by atoms with van der Waals surface area (Å²) >= 11 is 1.72. The van der Waals surface area contributed by atoms with E-state index in [2.05, 4.69) is 30.9 Å². The van der Waals surface area contributed by atoms with Gasteiger partial charge < -0.3 is 0 Å². The van der Waals surface area contributed by atoms with E-state index in [9.17, 15) is 0 Å². The smallest absolute Gasteiger partial charge is 0.132 e. The van der Waals surface area contributed by atoms with Crippen molar-refractivity contribution in [1.29, 1.82) is 0 Å². The minimum atomic E-state index is 0.675. The van der Waals surface area contributed by atoms with Crippen molar-refractivity contribution < 1.29 is 0 Å². The van der Waals surface area contributed by atoms with Gasteiger partial charge in [0.1, 0.15) is 11.4 Å². The standard InChI is InChI=1S/C15H12N6S/c1-2-11-10(6-16-18-11)14(3-1)21-7-12(19-20-21)13-8-22-15(17-13)9-4-5-9/h1-3,6-9H,4-5H2,(H,16,18). The van der Waals surface area contributed by atoms with Crippen LogP contribution in [0.25, 0.3) is 28.0 Å². The van der Waals surface area contributed by atoms with Crippen molar-refractivity contribution in [3.05, 3.63) is 41.0 Å². The molecule has 0 radical (unpaired) electrons. The molecule has 1 aliphatic rings. The summed E-state index contributed by atoms with van der Waals surface area (Å²) in [5.41, 5.74) is 3.67. The number of rotatable bonds is 3. The van der Waals surface area contributed by atoms with Crippen LogP contribution in [0, 0.1) is 0 Å².